The fourth-order valence-corrected chi connectivity index (χ4v) is 3.23. The Balaban J connectivity index is 1.83. The van der Waals surface area contributed by atoms with Crippen molar-refractivity contribution < 1.29 is 9.18 Å². The van der Waals surface area contributed by atoms with Crippen LogP contribution in [0, 0.1) is 5.82 Å². The summed E-state index contributed by atoms with van der Waals surface area (Å²) in [6, 6.07) is 10.0. The lowest BCUT2D eigenvalue weighted by Gasteiger charge is -2.21. The van der Waals surface area contributed by atoms with E-state index in [-0.39, 0.29) is 11.7 Å². The normalized spacial score (nSPS) is 11.0. The van der Waals surface area contributed by atoms with E-state index in [1.165, 1.54) is 23.5 Å². The Labute approximate surface area is 138 Å². The second-order valence-electron chi connectivity index (χ2n) is 5.25. The van der Waals surface area contributed by atoms with Gasteiger partial charge >= 0.3 is 0 Å². The van der Waals surface area contributed by atoms with Gasteiger partial charge in [-0.05, 0) is 36.9 Å². The Morgan fingerprint density at radius 3 is 2.41 bits per heavy atom. The van der Waals surface area contributed by atoms with E-state index in [9.17, 15) is 9.18 Å². The van der Waals surface area contributed by atoms with Crippen LogP contribution in [0.3, 0.4) is 0 Å². The number of likely N-dealkylation sites (N-methyl/N-ethyl adjacent to an activating group) is 2. The molecular weight excluding hydrogens is 323 g/mol. The first-order valence-electron chi connectivity index (χ1n) is 6.85. The molecule has 0 saturated carbocycles. The molecule has 1 heterocycles. The van der Waals surface area contributed by atoms with Crippen LogP contribution in [0.2, 0.25) is 4.34 Å². The van der Waals surface area contributed by atoms with E-state index in [1.54, 1.807) is 24.1 Å². The number of halogens is 2. The van der Waals surface area contributed by atoms with Crippen molar-refractivity contribution in [2.75, 3.05) is 20.6 Å². The zero-order valence-corrected chi connectivity index (χ0v) is 14.1. The first-order valence-corrected chi connectivity index (χ1v) is 8.04. The molecule has 0 atom stereocenters. The highest BCUT2D eigenvalue weighted by molar-refractivity contribution is 7.16. The summed E-state index contributed by atoms with van der Waals surface area (Å²) in [5, 5.41) is 0. The van der Waals surface area contributed by atoms with Gasteiger partial charge in [0.2, 0.25) is 5.91 Å². The first-order chi connectivity index (χ1) is 10.4. The van der Waals surface area contributed by atoms with Crippen molar-refractivity contribution in [1.29, 1.82) is 0 Å². The second-order valence-corrected chi connectivity index (χ2v) is 7.05. The molecule has 1 aromatic carbocycles. The van der Waals surface area contributed by atoms with Crippen LogP contribution in [0.15, 0.2) is 36.4 Å². The summed E-state index contributed by atoms with van der Waals surface area (Å²) in [6.45, 7) is 1.48. The van der Waals surface area contributed by atoms with Gasteiger partial charge in [-0.15, -0.1) is 11.3 Å². The van der Waals surface area contributed by atoms with E-state index in [0.717, 1.165) is 14.8 Å². The molecule has 3 nitrogen and oxygen atoms in total. The van der Waals surface area contributed by atoms with Crippen molar-refractivity contribution in [2.24, 2.45) is 0 Å². The molecule has 0 aliphatic carbocycles. The van der Waals surface area contributed by atoms with Crippen LogP contribution in [0.4, 0.5) is 4.39 Å². The molecule has 0 N–H and O–H groups in total. The van der Waals surface area contributed by atoms with Crippen molar-refractivity contribution in [3.05, 3.63) is 57.0 Å². The Bertz CT molecular complexity index is 629. The molecule has 0 aliphatic heterocycles. The van der Waals surface area contributed by atoms with Gasteiger partial charge in [0, 0.05) is 25.0 Å². The zero-order valence-electron chi connectivity index (χ0n) is 12.6. The number of hydrogen-bond acceptors (Lipinski definition) is 3. The molecule has 2 aromatic rings. The molecule has 0 fully saturated rings. The minimum Gasteiger partial charge on any atom is -0.340 e. The van der Waals surface area contributed by atoms with Gasteiger partial charge in [-0.3, -0.25) is 9.69 Å². The Kier molecular flexibility index (Phi) is 5.94. The van der Waals surface area contributed by atoms with E-state index >= 15 is 0 Å². The number of carbonyl (C=O) groups excluding carboxylic acids is 1. The van der Waals surface area contributed by atoms with Crippen molar-refractivity contribution in [2.45, 2.75) is 13.1 Å². The summed E-state index contributed by atoms with van der Waals surface area (Å²) < 4.78 is 13.6. The van der Waals surface area contributed by atoms with Gasteiger partial charge in [0.1, 0.15) is 5.82 Å². The van der Waals surface area contributed by atoms with Crippen LogP contribution in [0.25, 0.3) is 0 Å². The highest BCUT2D eigenvalue weighted by Crippen LogP contribution is 2.22. The van der Waals surface area contributed by atoms with Crippen LogP contribution >= 0.6 is 22.9 Å². The van der Waals surface area contributed by atoms with Crippen molar-refractivity contribution in [3.63, 3.8) is 0 Å². The monoisotopic (exact) mass is 340 g/mol. The molecular formula is C16H18ClFN2OS. The Morgan fingerprint density at radius 2 is 1.82 bits per heavy atom. The van der Waals surface area contributed by atoms with Gasteiger partial charge in [0.05, 0.1) is 10.9 Å². The lowest BCUT2D eigenvalue weighted by Crippen LogP contribution is -2.35. The molecule has 0 saturated heterocycles. The number of rotatable bonds is 6. The average Bonchev–Trinajstić information content (AvgIpc) is 2.86. The van der Waals surface area contributed by atoms with Crippen molar-refractivity contribution >= 4 is 28.8 Å². The van der Waals surface area contributed by atoms with Gasteiger partial charge in [-0.2, -0.15) is 0 Å². The molecule has 0 spiro atoms. The second kappa shape index (κ2) is 7.72. The standard InChI is InChI=1S/C16H18ClFN2OS/c1-19(10-14-7-8-15(17)22-14)11-16(21)20(2)9-12-3-5-13(18)6-4-12/h3-8H,9-11H2,1-2H3. The summed E-state index contributed by atoms with van der Waals surface area (Å²) >= 11 is 7.42. The highest BCUT2D eigenvalue weighted by Gasteiger charge is 2.13. The molecule has 22 heavy (non-hydrogen) atoms. The number of carbonyl (C=O) groups is 1. The molecule has 0 radical (unpaired) electrons. The van der Waals surface area contributed by atoms with Crippen molar-refractivity contribution in [3.8, 4) is 0 Å². The van der Waals surface area contributed by atoms with Crippen molar-refractivity contribution in [1.82, 2.24) is 9.80 Å². The predicted molar refractivity (Wildman–Crippen MR) is 88.5 cm³/mol. The summed E-state index contributed by atoms with van der Waals surface area (Å²) in [6.07, 6.45) is 0. The molecule has 2 rings (SSSR count). The van der Waals surface area contributed by atoms with E-state index in [0.29, 0.717) is 19.6 Å². The fourth-order valence-electron chi connectivity index (χ4n) is 2.06. The quantitative estimate of drug-likeness (QED) is 0.801. The molecule has 1 amide bonds. The third-order valence-corrected chi connectivity index (χ3v) is 4.43. The molecule has 0 unspecified atom stereocenters. The minimum absolute atomic E-state index is 0.0227. The van der Waals surface area contributed by atoms with E-state index in [1.807, 2.05) is 24.1 Å². The first kappa shape index (κ1) is 16.9. The maximum atomic E-state index is 12.9. The SMILES string of the molecule is CN(CC(=O)N(C)Cc1ccc(F)cc1)Cc1ccc(Cl)s1. The number of hydrogen-bond donors (Lipinski definition) is 0. The third kappa shape index (κ3) is 5.09. The van der Waals surface area contributed by atoms with Gasteiger partial charge in [0.25, 0.3) is 0 Å². The number of nitrogens with zero attached hydrogens (tertiary/aromatic N) is 2. The van der Waals surface area contributed by atoms with E-state index in [4.69, 9.17) is 11.6 Å². The zero-order chi connectivity index (χ0) is 16.1. The fraction of sp³-hybridized carbons (Fsp3) is 0.312. The summed E-state index contributed by atoms with van der Waals surface area (Å²) in [5.74, 6) is -0.249. The summed E-state index contributed by atoms with van der Waals surface area (Å²) in [4.78, 5) is 16.9. The number of amides is 1. The molecule has 1 aromatic heterocycles. The van der Waals surface area contributed by atoms with Gasteiger partial charge in [-0.25, -0.2) is 4.39 Å². The topological polar surface area (TPSA) is 23.6 Å². The number of benzene rings is 1. The third-order valence-electron chi connectivity index (χ3n) is 3.22. The largest absolute Gasteiger partial charge is 0.340 e. The molecule has 0 bridgehead atoms. The number of thiophene rings is 1. The summed E-state index contributed by atoms with van der Waals surface area (Å²) in [5.41, 5.74) is 0.907. The van der Waals surface area contributed by atoms with E-state index < -0.39 is 0 Å². The lowest BCUT2D eigenvalue weighted by molar-refractivity contribution is -0.131. The van der Waals surface area contributed by atoms with Crippen LogP contribution in [0.1, 0.15) is 10.4 Å². The maximum Gasteiger partial charge on any atom is 0.236 e. The van der Waals surface area contributed by atoms with E-state index in [2.05, 4.69) is 0 Å². The molecule has 6 heteroatoms. The molecule has 118 valence electrons. The maximum absolute atomic E-state index is 12.9. The Hall–Kier alpha value is -1.43. The lowest BCUT2D eigenvalue weighted by atomic mass is 10.2. The smallest absolute Gasteiger partial charge is 0.236 e. The van der Waals surface area contributed by atoms with Crippen LogP contribution in [-0.4, -0.2) is 36.3 Å². The van der Waals surface area contributed by atoms with Crippen LogP contribution in [-0.2, 0) is 17.9 Å². The average molecular weight is 341 g/mol. The summed E-state index contributed by atoms with van der Waals surface area (Å²) in [7, 11) is 3.65. The van der Waals surface area contributed by atoms with Gasteiger partial charge < -0.3 is 4.90 Å². The minimum atomic E-state index is -0.271. The van der Waals surface area contributed by atoms with Crippen LogP contribution in [0.5, 0.6) is 0 Å². The molecule has 0 aliphatic rings. The highest BCUT2D eigenvalue weighted by atomic mass is 35.5. The van der Waals surface area contributed by atoms with Gasteiger partial charge in [0.15, 0.2) is 0 Å². The Morgan fingerprint density at radius 1 is 1.14 bits per heavy atom. The van der Waals surface area contributed by atoms with Gasteiger partial charge in [-0.1, -0.05) is 23.7 Å². The van der Waals surface area contributed by atoms with Crippen LogP contribution < -0.4 is 0 Å². The predicted octanol–water partition coefficient (Wildman–Crippen LogP) is 3.63.